The Kier molecular flexibility index (Phi) is 7.95. The summed E-state index contributed by atoms with van der Waals surface area (Å²) in [6.45, 7) is 6.61. The van der Waals surface area contributed by atoms with Gasteiger partial charge in [0, 0.05) is 6.04 Å². The molecule has 0 heterocycles. The highest BCUT2D eigenvalue weighted by Gasteiger charge is 2.20. The quantitative estimate of drug-likeness (QED) is 0.701. The number of ether oxygens (including phenoxy) is 3. The fourth-order valence-electron chi connectivity index (χ4n) is 3.06. The van der Waals surface area contributed by atoms with Crippen molar-refractivity contribution in [2.24, 2.45) is 11.8 Å². The lowest BCUT2D eigenvalue weighted by molar-refractivity contribution is -0.125. The first-order valence-corrected chi connectivity index (χ1v) is 9.66. The van der Waals surface area contributed by atoms with Crippen molar-refractivity contribution in [2.45, 2.75) is 52.5 Å². The van der Waals surface area contributed by atoms with Crippen LogP contribution in [0.5, 0.6) is 11.5 Å². The van der Waals surface area contributed by atoms with Crippen LogP contribution in [0.4, 0.5) is 0 Å². The fourth-order valence-corrected chi connectivity index (χ4v) is 3.06. The molecule has 2 rings (SSSR count). The molecule has 1 aromatic carbocycles. The van der Waals surface area contributed by atoms with E-state index in [1.54, 1.807) is 18.2 Å². The van der Waals surface area contributed by atoms with Gasteiger partial charge in [-0.1, -0.05) is 20.8 Å². The number of methoxy groups -OCH3 is 1. The zero-order valence-corrected chi connectivity index (χ0v) is 16.7. The lowest BCUT2D eigenvalue weighted by atomic mass is 9.87. The van der Waals surface area contributed by atoms with Gasteiger partial charge in [-0.3, -0.25) is 4.79 Å². The van der Waals surface area contributed by atoms with Crippen molar-refractivity contribution in [2.75, 3.05) is 20.3 Å². The third-order valence-electron chi connectivity index (χ3n) is 4.69. The second kappa shape index (κ2) is 10.2. The summed E-state index contributed by atoms with van der Waals surface area (Å²) in [5.74, 6) is 1.32. The van der Waals surface area contributed by atoms with Crippen LogP contribution in [0.15, 0.2) is 18.2 Å². The number of esters is 1. The number of benzene rings is 1. The Morgan fingerprint density at radius 1 is 1.15 bits per heavy atom. The van der Waals surface area contributed by atoms with Crippen LogP contribution in [-0.2, 0) is 9.53 Å². The van der Waals surface area contributed by atoms with Crippen LogP contribution in [0.3, 0.4) is 0 Å². The van der Waals surface area contributed by atoms with Crippen molar-refractivity contribution in [3.8, 4) is 11.5 Å². The molecule has 0 spiro atoms. The predicted molar refractivity (Wildman–Crippen MR) is 103 cm³/mol. The normalized spacial score (nSPS) is 19.4. The smallest absolute Gasteiger partial charge is 0.338 e. The Balaban J connectivity index is 1.85. The monoisotopic (exact) mass is 377 g/mol. The molecular formula is C21H31NO5. The molecule has 1 amide bonds. The second-order valence-corrected chi connectivity index (χ2v) is 7.67. The van der Waals surface area contributed by atoms with Crippen molar-refractivity contribution < 1.29 is 23.8 Å². The minimum atomic E-state index is -0.559. The molecule has 1 fully saturated rings. The maximum atomic E-state index is 12.2. The molecule has 1 saturated carbocycles. The highest BCUT2D eigenvalue weighted by Crippen LogP contribution is 2.29. The molecule has 0 bridgehead atoms. The van der Waals surface area contributed by atoms with Gasteiger partial charge in [0.15, 0.2) is 18.1 Å². The van der Waals surface area contributed by atoms with Crippen LogP contribution in [0.25, 0.3) is 0 Å². The Hall–Kier alpha value is -2.24. The van der Waals surface area contributed by atoms with Crippen LogP contribution in [0.2, 0.25) is 0 Å². The number of carbonyl (C=O) groups excluding carboxylic acids is 2. The van der Waals surface area contributed by atoms with Crippen LogP contribution < -0.4 is 14.8 Å². The molecule has 0 radical (unpaired) electrons. The summed E-state index contributed by atoms with van der Waals surface area (Å²) in [6, 6.07) is 5.05. The zero-order valence-electron chi connectivity index (χ0n) is 16.7. The maximum absolute atomic E-state index is 12.2. The Bertz CT molecular complexity index is 635. The second-order valence-electron chi connectivity index (χ2n) is 7.67. The molecule has 150 valence electrons. The maximum Gasteiger partial charge on any atom is 0.338 e. The third kappa shape index (κ3) is 6.77. The van der Waals surface area contributed by atoms with E-state index in [9.17, 15) is 9.59 Å². The number of carbonyl (C=O) groups is 2. The Morgan fingerprint density at radius 3 is 2.48 bits per heavy atom. The van der Waals surface area contributed by atoms with Gasteiger partial charge in [0.25, 0.3) is 5.91 Å². The number of hydrogen-bond donors (Lipinski definition) is 1. The Labute approximate surface area is 161 Å². The summed E-state index contributed by atoms with van der Waals surface area (Å²) in [5, 5.41) is 2.94. The molecule has 0 aliphatic heterocycles. The SMILES string of the molecule is COc1cc(C(=O)OCC(=O)NC2CCC(C)CC2)ccc1OCC(C)C. The van der Waals surface area contributed by atoms with E-state index in [1.807, 2.05) is 0 Å². The topological polar surface area (TPSA) is 73.9 Å². The van der Waals surface area contributed by atoms with E-state index in [-0.39, 0.29) is 18.6 Å². The average Bonchev–Trinajstić information content (AvgIpc) is 2.66. The molecule has 1 aliphatic rings. The number of rotatable bonds is 8. The standard InChI is InChI=1S/C21H31NO5/c1-14(2)12-26-18-10-7-16(11-19(18)25-4)21(24)27-13-20(23)22-17-8-5-15(3)6-9-17/h7,10-11,14-15,17H,5-6,8-9,12-13H2,1-4H3,(H,22,23). The lowest BCUT2D eigenvalue weighted by Crippen LogP contribution is -2.39. The van der Waals surface area contributed by atoms with Gasteiger partial charge in [0.2, 0.25) is 0 Å². The van der Waals surface area contributed by atoms with Gasteiger partial charge in [-0.2, -0.15) is 0 Å². The summed E-state index contributed by atoms with van der Waals surface area (Å²) in [7, 11) is 1.52. The molecule has 6 heteroatoms. The van der Waals surface area contributed by atoms with E-state index in [0.717, 1.165) is 31.6 Å². The summed E-state index contributed by atoms with van der Waals surface area (Å²) in [4.78, 5) is 24.3. The third-order valence-corrected chi connectivity index (χ3v) is 4.69. The molecule has 0 aromatic heterocycles. The van der Waals surface area contributed by atoms with Crippen LogP contribution in [0, 0.1) is 11.8 Å². The first-order chi connectivity index (χ1) is 12.9. The average molecular weight is 377 g/mol. The number of amides is 1. The van der Waals surface area contributed by atoms with Crippen LogP contribution >= 0.6 is 0 Å². The molecule has 1 aliphatic carbocycles. The molecule has 0 unspecified atom stereocenters. The van der Waals surface area contributed by atoms with Gasteiger partial charge in [-0.15, -0.1) is 0 Å². The molecule has 1 N–H and O–H groups in total. The predicted octanol–water partition coefficient (Wildman–Crippen LogP) is 3.58. The summed E-state index contributed by atoms with van der Waals surface area (Å²) >= 11 is 0. The van der Waals surface area contributed by atoms with Crippen molar-refractivity contribution >= 4 is 11.9 Å². The minimum absolute atomic E-state index is 0.185. The van der Waals surface area contributed by atoms with Crippen molar-refractivity contribution in [3.05, 3.63) is 23.8 Å². The summed E-state index contributed by atoms with van der Waals surface area (Å²) in [6.07, 6.45) is 4.21. The molecule has 0 saturated heterocycles. The summed E-state index contributed by atoms with van der Waals surface area (Å²) in [5.41, 5.74) is 0.322. The van der Waals surface area contributed by atoms with Crippen molar-refractivity contribution in [1.82, 2.24) is 5.32 Å². The van der Waals surface area contributed by atoms with Crippen molar-refractivity contribution in [3.63, 3.8) is 0 Å². The van der Waals surface area contributed by atoms with E-state index in [2.05, 4.69) is 26.1 Å². The van der Waals surface area contributed by atoms with Gasteiger partial charge in [0.1, 0.15) is 0 Å². The number of hydrogen-bond acceptors (Lipinski definition) is 5. The van der Waals surface area contributed by atoms with Gasteiger partial charge in [-0.25, -0.2) is 4.79 Å². The first-order valence-electron chi connectivity index (χ1n) is 9.66. The highest BCUT2D eigenvalue weighted by molar-refractivity contribution is 5.92. The van der Waals surface area contributed by atoms with Gasteiger partial charge >= 0.3 is 5.97 Å². The molecule has 1 aromatic rings. The van der Waals surface area contributed by atoms with Gasteiger partial charge in [0.05, 0.1) is 19.3 Å². The van der Waals surface area contributed by atoms with Gasteiger partial charge < -0.3 is 19.5 Å². The number of nitrogens with one attached hydrogen (secondary N) is 1. The van der Waals surface area contributed by atoms with Crippen molar-refractivity contribution in [1.29, 1.82) is 0 Å². The molecule has 27 heavy (non-hydrogen) atoms. The molecule has 6 nitrogen and oxygen atoms in total. The highest BCUT2D eigenvalue weighted by atomic mass is 16.5. The largest absolute Gasteiger partial charge is 0.493 e. The van der Waals surface area contributed by atoms with E-state index < -0.39 is 5.97 Å². The van der Waals surface area contributed by atoms with E-state index in [4.69, 9.17) is 14.2 Å². The van der Waals surface area contributed by atoms with Crippen LogP contribution in [-0.4, -0.2) is 38.2 Å². The van der Waals surface area contributed by atoms with E-state index >= 15 is 0 Å². The van der Waals surface area contributed by atoms with Gasteiger partial charge in [-0.05, 0) is 55.7 Å². The lowest BCUT2D eigenvalue weighted by Gasteiger charge is -2.26. The zero-order chi connectivity index (χ0) is 19.8. The molecule has 0 atom stereocenters. The summed E-state index contributed by atoms with van der Waals surface area (Å²) < 4.78 is 16.1. The molecular weight excluding hydrogens is 346 g/mol. The van der Waals surface area contributed by atoms with E-state index in [0.29, 0.717) is 29.6 Å². The first kappa shape index (κ1) is 21.1. The van der Waals surface area contributed by atoms with Crippen LogP contribution in [0.1, 0.15) is 56.8 Å². The minimum Gasteiger partial charge on any atom is -0.493 e. The van der Waals surface area contributed by atoms with E-state index in [1.165, 1.54) is 7.11 Å². The fraction of sp³-hybridized carbons (Fsp3) is 0.619. The Morgan fingerprint density at radius 2 is 1.85 bits per heavy atom.